The number of nitrogens with zero attached hydrogens (tertiary/aromatic N) is 6. The maximum Gasteiger partial charge on any atom is 0.232 e. The van der Waals surface area contributed by atoms with Crippen molar-refractivity contribution in [2.24, 2.45) is 0 Å². The smallest absolute Gasteiger partial charge is 0.232 e. The van der Waals surface area contributed by atoms with E-state index in [-0.39, 0.29) is 11.3 Å². The second-order valence-electron chi connectivity index (χ2n) is 22.1. The van der Waals surface area contributed by atoms with Gasteiger partial charge in [0.25, 0.3) is 0 Å². The van der Waals surface area contributed by atoms with Gasteiger partial charge >= 0.3 is 0 Å². The van der Waals surface area contributed by atoms with Gasteiger partial charge in [-0.15, -0.1) is 0 Å². The van der Waals surface area contributed by atoms with E-state index in [1.807, 2.05) is 12.1 Å². The second-order valence-corrected chi connectivity index (χ2v) is 22.1. The molecule has 17 rings (SSSR count). The van der Waals surface area contributed by atoms with E-state index in [0.717, 1.165) is 143 Å². The summed E-state index contributed by atoms with van der Waals surface area (Å²) in [5, 5.41) is 20.9. The number of fused-ring (bicyclic) bond motifs is 12. The van der Waals surface area contributed by atoms with E-state index in [1.54, 1.807) is 0 Å². The van der Waals surface area contributed by atoms with Crippen molar-refractivity contribution in [1.29, 1.82) is 5.26 Å². The van der Waals surface area contributed by atoms with Crippen molar-refractivity contribution in [1.82, 2.24) is 18.3 Å². The van der Waals surface area contributed by atoms with E-state index >= 15 is 0 Å². The molecule has 0 fully saturated rings. The van der Waals surface area contributed by atoms with Gasteiger partial charge in [0.05, 0.1) is 85.1 Å². The highest BCUT2D eigenvalue weighted by Gasteiger charge is 2.35. The van der Waals surface area contributed by atoms with Crippen LogP contribution < -0.4 is 0 Å². The molecule has 0 unspecified atom stereocenters. The lowest BCUT2D eigenvalue weighted by Gasteiger charge is -2.28. The summed E-state index contributed by atoms with van der Waals surface area (Å²) >= 11 is 0. The van der Waals surface area contributed by atoms with Crippen LogP contribution in [0.5, 0.6) is 0 Å². The van der Waals surface area contributed by atoms with Gasteiger partial charge in [-0.25, -0.2) is 4.85 Å². The Balaban J connectivity index is 1.13. The average Bonchev–Trinajstić information content (AvgIpc) is 1.56. The van der Waals surface area contributed by atoms with E-state index in [1.165, 1.54) is 0 Å². The summed E-state index contributed by atoms with van der Waals surface area (Å²) in [5.74, 6) is 0. The van der Waals surface area contributed by atoms with Crippen LogP contribution in [-0.4, -0.2) is 18.3 Å². The molecule has 86 heavy (non-hydrogen) atoms. The predicted molar refractivity (Wildman–Crippen MR) is 357 cm³/mol. The van der Waals surface area contributed by atoms with Crippen LogP contribution in [0.1, 0.15) is 5.56 Å². The minimum Gasteiger partial charge on any atom is -0.317 e. The van der Waals surface area contributed by atoms with Crippen molar-refractivity contribution >= 4 is 92.9 Å². The molecule has 0 saturated heterocycles. The van der Waals surface area contributed by atoms with Gasteiger partial charge in [-0.3, -0.25) is 0 Å². The SMILES string of the molecule is [C-]#[N+]c1c(C#N)c(-n2c3ccccc3c3cc(-c4ccccc4)ccc32)c(-n2c3ccccc3c3cc(-c4ccccc4)ccc32)c(-n2c3ccccc3c3cc(-c4ccccc4)ccc32)c1-n1c2ccccc2c2cc(-c3ccccc3)ccc21. The fourth-order valence-corrected chi connectivity index (χ4v) is 13.8. The third kappa shape index (κ3) is 7.24. The molecular formula is C80H48N6. The van der Waals surface area contributed by atoms with Crippen molar-refractivity contribution in [3.05, 3.63) is 308 Å². The minimum absolute atomic E-state index is 0.238. The first-order valence-corrected chi connectivity index (χ1v) is 29.0. The van der Waals surface area contributed by atoms with Crippen LogP contribution in [0.15, 0.2) is 291 Å². The lowest BCUT2D eigenvalue weighted by Crippen LogP contribution is -2.15. The summed E-state index contributed by atoms with van der Waals surface area (Å²) in [5.41, 5.74) is 19.4. The van der Waals surface area contributed by atoms with Gasteiger partial charge in [0.15, 0.2) is 0 Å². The Bertz CT molecular complexity index is 5360. The fraction of sp³-hybridized carbons (Fsp3) is 0. The second kappa shape index (κ2) is 19.3. The normalized spacial score (nSPS) is 11.7. The molecule has 0 saturated carbocycles. The van der Waals surface area contributed by atoms with Crippen LogP contribution in [-0.2, 0) is 0 Å². The summed E-state index contributed by atoms with van der Waals surface area (Å²) < 4.78 is 9.38. The zero-order valence-corrected chi connectivity index (χ0v) is 46.4. The highest BCUT2D eigenvalue weighted by Crippen LogP contribution is 2.52. The van der Waals surface area contributed by atoms with Crippen LogP contribution in [0.2, 0.25) is 0 Å². The van der Waals surface area contributed by atoms with E-state index < -0.39 is 0 Å². The molecule has 13 aromatic carbocycles. The summed E-state index contributed by atoms with van der Waals surface area (Å²) in [7, 11) is 0. The van der Waals surface area contributed by atoms with Gasteiger partial charge in [-0.05, 0) is 117 Å². The first kappa shape index (κ1) is 48.7. The molecule has 0 atom stereocenters. The number of benzene rings is 13. The number of para-hydroxylation sites is 4. The van der Waals surface area contributed by atoms with Crippen LogP contribution >= 0.6 is 0 Å². The van der Waals surface area contributed by atoms with Gasteiger partial charge < -0.3 is 18.3 Å². The van der Waals surface area contributed by atoms with Gasteiger partial charge in [0.2, 0.25) is 5.69 Å². The zero-order valence-electron chi connectivity index (χ0n) is 46.4. The molecule has 0 bridgehead atoms. The third-order valence-electron chi connectivity index (χ3n) is 17.6. The average molecular weight is 1090 g/mol. The van der Waals surface area contributed by atoms with Crippen molar-refractivity contribution in [2.75, 3.05) is 0 Å². The first-order chi connectivity index (χ1) is 42.6. The predicted octanol–water partition coefficient (Wildman–Crippen LogP) is 21.2. The zero-order chi connectivity index (χ0) is 57.0. The third-order valence-corrected chi connectivity index (χ3v) is 17.6. The number of aromatic nitrogens is 4. The molecule has 0 aliphatic heterocycles. The summed E-state index contributed by atoms with van der Waals surface area (Å²) in [4.78, 5) is 4.71. The van der Waals surface area contributed by atoms with Crippen LogP contribution in [0.4, 0.5) is 5.69 Å². The number of nitriles is 1. The quantitative estimate of drug-likeness (QED) is 0.140. The van der Waals surface area contributed by atoms with Crippen molar-refractivity contribution in [2.45, 2.75) is 0 Å². The molecule has 398 valence electrons. The highest BCUT2D eigenvalue weighted by atomic mass is 15.2. The van der Waals surface area contributed by atoms with E-state index in [9.17, 15) is 11.8 Å². The van der Waals surface area contributed by atoms with Crippen LogP contribution in [0.3, 0.4) is 0 Å². The molecule has 0 spiro atoms. The lowest BCUT2D eigenvalue weighted by atomic mass is 10.0. The Hall–Kier alpha value is -12.0. The van der Waals surface area contributed by atoms with Crippen LogP contribution in [0.25, 0.3) is 159 Å². The van der Waals surface area contributed by atoms with E-state index in [0.29, 0.717) is 11.4 Å². The monoisotopic (exact) mass is 1090 g/mol. The maximum absolute atomic E-state index is 12.6. The molecule has 0 aliphatic rings. The Labute approximate surface area is 495 Å². The Morgan fingerprint density at radius 3 is 0.779 bits per heavy atom. The molecule has 4 heterocycles. The van der Waals surface area contributed by atoms with Gasteiger partial charge in [0, 0.05) is 43.1 Å². The molecule has 0 amide bonds. The van der Waals surface area contributed by atoms with E-state index in [4.69, 9.17) is 4.85 Å². The molecule has 4 aromatic heterocycles. The molecule has 0 radical (unpaired) electrons. The highest BCUT2D eigenvalue weighted by molar-refractivity contribution is 6.18. The standard InChI is InChI=1S/C80H48N6/c1-82-76-67(50-81)77(83-68-34-18-14-30-59(68)63-46-55(38-42-72(63)83)51-22-6-2-7-23-51)79(85-70-36-20-16-32-61(70)65-48-57(40-44-74(65)85)53-26-10-4-11-27-53)80(86-71-37-21-17-33-62(71)66-49-58(41-45-75(66)86)54-28-12-5-13-29-54)78(76)84-69-35-19-15-31-60(69)64-47-56(39-43-73(64)84)52-24-8-3-9-25-52/h2-49H. The van der Waals surface area contributed by atoms with Crippen molar-refractivity contribution < 1.29 is 0 Å². The number of rotatable bonds is 8. The molecule has 0 aliphatic carbocycles. The molecule has 6 nitrogen and oxygen atoms in total. The van der Waals surface area contributed by atoms with Gasteiger partial charge in [0.1, 0.15) is 0 Å². The van der Waals surface area contributed by atoms with Crippen molar-refractivity contribution in [3.8, 4) is 73.3 Å². The fourth-order valence-electron chi connectivity index (χ4n) is 13.8. The Morgan fingerprint density at radius 2 is 0.488 bits per heavy atom. The maximum atomic E-state index is 12.6. The lowest BCUT2D eigenvalue weighted by molar-refractivity contribution is 1.02. The summed E-state index contributed by atoms with van der Waals surface area (Å²) in [6, 6.07) is 106. The van der Waals surface area contributed by atoms with Crippen molar-refractivity contribution in [3.63, 3.8) is 0 Å². The summed E-state index contributed by atoms with van der Waals surface area (Å²) in [6.45, 7) is 9.78. The van der Waals surface area contributed by atoms with Gasteiger partial charge in [-0.1, -0.05) is 218 Å². The number of hydrogen-bond donors (Lipinski definition) is 0. The number of hydrogen-bond acceptors (Lipinski definition) is 1. The van der Waals surface area contributed by atoms with Gasteiger partial charge in [-0.2, -0.15) is 5.26 Å². The van der Waals surface area contributed by atoms with Crippen LogP contribution in [0, 0.1) is 17.9 Å². The van der Waals surface area contributed by atoms with E-state index in [2.05, 4.69) is 303 Å². The first-order valence-electron chi connectivity index (χ1n) is 29.0. The molecular weight excluding hydrogens is 1040 g/mol. The minimum atomic E-state index is 0.238. The molecule has 6 heteroatoms. The summed E-state index contributed by atoms with van der Waals surface area (Å²) in [6.07, 6.45) is 0. The molecule has 0 N–H and O–H groups in total. The Kier molecular flexibility index (Phi) is 11.0. The Morgan fingerprint density at radius 1 is 0.244 bits per heavy atom. The topological polar surface area (TPSA) is 47.9 Å². The molecule has 17 aromatic rings. The largest absolute Gasteiger partial charge is 0.317 e.